The Kier molecular flexibility index (Phi) is 6.02. The summed E-state index contributed by atoms with van der Waals surface area (Å²) in [5.41, 5.74) is 1.16. The number of carbonyl (C=O) groups is 2. The van der Waals surface area contributed by atoms with Gasteiger partial charge in [-0.1, -0.05) is 0 Å². The monoisotopic (exact) mass is 457 g/mol. The summed E-state index contributed by atoms with van der Waals surface area (Å²) in [5.74, 6) is 1.02. The van der Waals surface area contributed by atoms with Crippen molar-refractivity contribution in [1.82, 2.24) is 29.1 Å². The number of benzene rings is 1. The van der Waals surface area contributed by atoms with Crippen LogP contribution in [0.15, 0.2) is 24.3 Å². The molecule has 1 aliphatic heterocycles. The number of hydrogen-bond donors (Lipinski definition) is 1. The number of imidazole rings is 1. The van der Waals surface area contributed by atoms with E-state index in [-0.39, 0.29) is 24.4 Å². The number of aryl methyl sites for hydroxylation is 1. The minimum atomic E-state index is -0.393. The molecule has 0 radical (unpaired) electrons. The lowest BCUT2D eigenvalue weighted by molar-refractivity contribution is -0.117. The number of anilines is 1. The molecule has 2 aromatic heterocycles. The molecule has 1 unspecified atom stereocenters. The van der Waals surface area contributed by atoms with Crippen LogP contribution >= 0.6 is 11.5 Å². The van der Waals surface area contributed by atoms with E-state index in [9.17, 15) is 14.0 Å². The van der Waals surface area contributed by atoms with Gasteiger partial charge in [-0.2, -0.15) is 4.37 Å². The van der Waals surface area contributed by atoms with Gasteiger partial charge >= 0.3 is 0 Å². The highest BCUT2D eigenvalue weighted by Gasteiger charge is 2.36. The van der Waals surface area contributed by atoms with Gasteiger partial charge in [0.15, 0.2) is 16.6 Å². The van der Waals surface area contributed by atoms with Gasteiger partial charge in [-0.25, -0.2) is 14.4 Å². The van der Waals surface area contributed by atoms with Crippen molar-refractivity contribution in [2.45, 2.75) is 26.4 Å². The van der Waals surface area contributed by atoms with E-state index in [0.29, 0.717) is 41.1 Å². The number of nitrogens with one attached hydrogen (secondary N) is 1. The Bertz CT molecular complexity index is 1160. The number of carbonyl (C=O) groups excluding carboxylic acids is 2. The van der Waals surface area contributed by atoms with Gasteiger partial charge in [-0.3, -0.25) is 14.5 Å². The van der Waals surface area contributed by atoms with Crippen molar-refractivity contribution in [3.05, 3.63) is 47.2 Å². The SMILES string of the molecule is CNCC(=O)N(C)c1nc(-c2nc(C)ns2)n2c1C(C)N(C(=O)c1ccc(F)cc1)CC2. The zero-order valence-corrected chi connectivity index (χ0v) is 19.1. The second-order valence-corrected chi connectivity index (χ2v) is 8.36. The predicted molar refractivity (Wildman–Crippen MR) is 119 cm³/mol. The first-order chi connectivity index (χ1) is 15.3. The van der Waals surface area contributed by atoms with Crippen molar-refractivity contribution in [1.29, 1.82) is 0 Å². The number of halogens is 1. The molecular weight excluding hydrogens is 433 g/mol. The second kappa shape index (κ2) is 8.75. The molecule has 2 amide bonds. The third-order valence-electron chi connectivity index (χ3n) is 5.51. The van der Waals surface area contributed by atoms with Crippen molar-refractivity contribution in [2.24, 2.45) is 0 Å². The summed E-state index contributed by atoms with van der Waals surface area (Å²) in [7, 11) is 3.38. The number of nitrogens with zero attached hydrogens (tertiary/aromatic N) is 6. The van der Waals surface area contributed by atoms with Crippen molar-refractivity contribution in [3.63, 3.8) is 0 Å². The zero-order valence-electron chi connectivity index (χ0n) is 18.3. The highest BCUT2D eigenvalue weighted by Crippen LogP contribution is 2.38. The van der Waals surface area contributed by atoms with Crippen LogP contribution < -0.4 is 10.2 Å². The number of hydrogen-bond acceptors (Lipinski definition) is 7. The first-order valence-electron chi connectivity index (χ1n) is 10.2. The lowest BCUT2D eigenvalue weighted by atomic mass is 10.1. The lowest BCUT2D eigenvalue weighted by Gasteiger charge is -2.36. The first-order valence-corrected chi connectivity index (χ1v) is 11.0. The van der Waals surface area contributed by atoms with E-state index in [2.05, 4.69) is 14.7 Å². The van der Waals surface area contributed by atoms with Gasteiger partial charge in [0.25, 0.3) is 5.91 Å². The van der Waals surface area contributed by atoms with Gasteiger partial charge in [0.2, 0.25) is 5.91 Å². The topological polar surface area (TPSA) is 96.2 Å². The third kappa shape index (κ3) is 3.89. The van der Waals surface area contributed by atoms with Crippen LogP contribution in [0.1, 0.15) is 34.8 Å². The molecule has 0 fully saturated rings. The summed E-state index contributed by atoms with van der Waals surface area (Å²) in [4.78, 5) is 38.3. The molecule has 32 heavy (non-hydrogen) atoms. The van der Waals surface area contributed by atoms with E-state index in [1.807, 2.05) is 18.4 Å². The van der Waals surface area contributed by atoms with E-state index in [0.717, 1.165) is 5.69 Å². The Balaban J connectivity index is 1.77. The minimum absolute atomic E-state index is 0.150. The predicted octanol–water partition coefficient (Wildman–Crippen LogP) is 2.25. The fourth-order valence-electron chi connectivity index (χ4n) is 3.86. The van der Waals surface area contributed by atoms with Crippen molar-refractivity contribution < 1.29 is 14.0 Å². The van der Waals surface area contributed by atoms with Gasteiger partial charge in [-0.05, 0) is 56.7 Å². The van der Waals surface area contributed by atoms with Crippen molar-refractivity contribution in [2.75, 3.05) is 32.1 Å². The summed E-state index contributed by atoms with van der Waals surface area (Å²) in [6.07, 6.45) is 0. The van der Waals surface area contributed by atoms with Gasteiger partial charge in [0.05, 0.1) is 18.3 Å². The third-order valence-corrected chi connectivity index (χ3v) is 6.31. The molecule has 9 nitrogen and oxygen atoms in total. The highest BCUT2D eigenvalue weighted by molar-refractivity contribution is 7.09. The number of rotatable bonds is 5. The minimum Gasteiger partial charge on any atom is -0.328 e. The molecule has 0 bridgehead atoms. The van der Waals surface area contributed by atoms with Crippen LogP contribution in [0.4, 0.5) is 10.2 Å². The van der Waals surface area contributed by atoms with Crippen molar-refractivity contribution >= 4 is 29.2 Å². The van der Waals surface area contributed by atoms with Gasteiger partial charge in [0.1, 0.15) is 11.6 Å². The summed E-state index contributed by atoms with van der Waals surface area (Å²) < 4.78 is 19.6. The smallest absolute Gasteiger partial charge is 0.254 e. The maximum atomic E-state index is 13.3. The number of aromatic nitrogens is 4. The number of fused-ring (bicyclic) bond motifs is 1. The van der Waals surface area contributed by atoms with Crippen LogP contribution in [0.2, 0.25) is 0 Å². The molecule has 3 aromatic rings. The average Bonchev–Trinajstić information content (AvgIpc) is 3.37. The number of amides is 2. The summed E-state index contributed by atoms with van der Waals surface area (Å²) >= 11 is 1.25. The standard InChI is InChI=1S/C21H24FN7O2S/c1-12-17-18(27(4)16(30)11-23-3)25-19(20-24-13(2)26-32-20)29(17)10-9-28(12)21(31)14-5-7-15(22)8-6-14/h5-8,12,23H,9-11H2,1-4H3. The van der Waals surface area contributed by atoms with Crippen LogP contribution in [-0.4, -0.2) is 62.8 Å². The molecule has 0 spiro atoms. The Morgan fingerprint density at radius 3 is 2.59 bits per heavy atom. The van der Waals surface area contributed by atoms with Gasteiger partial charge in [-0.15, -0.1) is 0 Å². The molecule has 1 atom stereocenters. The van der Waals surface area contributed by atoms with E-state index in [1.165, 1.54) is 40.7 Å². The summed E-state index contributed by atoms with van der Waals surface area (Å²) in [6, 6.07) is 5.15. The Morgan fingerprint density at radius 1 is 1.25 bits per heavy atom. The van der Waals surface area contributed by atoms with E-state index in [1.54, 1.807) is 19.0 Å². The molecule has 0 aliphatic carbocycles. The molecule has 0 saturated heterocycles. The summed E-state index contributed by atoms with van der Waals surface area (Å²) in [6.45, 7) is 4.81. The second-order valence-electron chi connectivity index (χ2n) is 7.61. The van der Waals surface area contributed by atoms with E-state index < -0.39 is 5.82 Å². The molecule has 4 rings (SSSR count). The largest absolute Gasteiger partial charge is 0.328 e. The molecule has 1 aliphatic rings. The quantitative estimate of drug-likeness (QED) is 0.631. The van der Waals surface area contributed by atoms with Crippen molar-refractivity contribution in [3.8, 4) is 10.8 Å². The molecule has 1 aromatic carbocycles. The molecule has 3 heterocycles. The Hall–Kier alpha value is -3.18. The molecule has 1 N–H and O–H groups in total. The molecule has 168 valence electrons. The molecular formula is C21H24FN7O2S. The highest BCUT2D eigenvalue weighted by atomic mass is 32.1. The Morgan fingerprint density at radius 2 is 1.97 bits per heavy atom. The van der Waals surface area contributed by atoms with Crippen LogP contribution in [-0.2, 0) is 11.3 Å². The van der Waals surface area contributed by atoms with E-state index >= 15 is 0 Å². The Labute approximate surface area is 189 Å². The first kappa shape index (κ1) is 22.0. The van der Waals surface area contributed by atoms with Gasteiger partial charge in [0, 0.05) is 25.7 Å². The van der Waals surface area contributed by atoms with Crippen LogP contribution in [0, 0.1) is 12.7 Å². The average molecular weight is 458 g/mol. The van der Waals surface area contributed by atoms with Crippen LogP contribution in [0.3, 0.4) is 0 Å². The molecule has 0 saturated carbocycles. The fourth-order valence-corrected chi connectivity index (χ4v) is 4.53. The fraction of sp³-hybridized carbons (Fsp3) is 0.381. The lowest BCUT2D eigenvalue weighted by Crippen LogP contribution is -2.42. The molecule has 11 heteroatoms. The van der Waals surface area contributed by atoms with Gasteiger partial charge < -0.3 is 14.8 Å². The maximum absolute atomic E-state index is 13.3. The number of likely N-dealkylation sites (N-methyl/N-ethyl adjacent to an activating group) is 2. The summed E-state index contributed by atoms with van der Waals surface area (Å²) in [5, 5.41) is 3.53. The van der Waals surface area contributed by atoms with E-state index in [4.69, 9.17) is 4.98 Å². The normalized spacial score (nSPS) is 15.5. The van der Waals surface area contributed by atoms with Crippen LogP contribution in [0.5, 0.6) is 0 Å². The van der Waals surface area contributed by atoms with Crippen LogP contribution in [0.25, 0.3) is 10.8 Å². The zero-order chi connectivity index (χ0) is 23.0. The maximum Gasteiger partial charge on any atom is 0.254 e.